The first kappa shape index (κ1) is 8.01. The van der Waals surface area contributed by atoms with Crippen molar-refractivity contribution in [1.82, 2.24) is 4.31 Å². The Labute approximate surface area is 62.1 Å². The van der Waals surface area contributed by atoms with Gasteiger partial charge in [0.1, 0.15) is 0 Å². The second-order valence-corrected chi connectivity index (χ2v) is 4.49. The van der Waals surface area contributed by atoms with E-state index in [9.17, 15) is 8.42 Å². The SMILES string of the molecule is CS(=O)(=O)N1[CH]CCCC1. The molecule has 1 radical (unpaired) electrons. The average molecular weight is 162 g/mol. The first-order chi connectivity index (χ1) is 4.61. The summed E-state index contributed by atoms with van der Waals surface area (Å²) in [5.74, 6) is 0. The lowest BCUT2D eigenvalue weighted by atomic mass is 10.2. The summed E-state index contributed by atoms with van der Waals surface area (Å²) in [5.41, 5.74) is 0. The fourth-order valence-electron chi connectivity index (χ4n) is 1.04. The van der Waals surface area contributed by atoms with Crippen LogP contribution in [-0.4, -0.2) is 25.5 Å². The van der Waals surface area contributed by atoms with Crippen LogP contribution in [0.1, 0.15) is 19.3 Å². The Morgan fingerprint density at radius 1 is 1.40 bits per heavy atom. The topological polar surface area (TPSA) is 37.4 Å². The maximum absolute atomic E-state index is 10.9. The Morgan fingerprint density at radius 2 is 2.10 bits per heavy atom. The van der Waals surface area contributed by atoms with E-state index >= 15 is 0 Å². The molecule has 0 aromatic heterocycles. The van der Waals surface area contributed by atoms with E-state index in [-0.39, 0.29) is 0 Å². The molecule has 10 heavy (non-hydrogen) atoms. The third-order valence-electron chi connectivity index (χ3n) is 1.59. The van der Waals surface area contributed by atoms with Crippen LogP contribution in [0, 0.1) is 6.54 Å². The van der Waals surface area contributed by atoms with Gasteiger partial charge in [-0.3, -0.25) is 0 Å². The van der Waals surface area contributed by atoms with E-state index in [1.165, 1.54) is 10.6 Å². The molecule has 0 bridgehead atoms. The second-order valence-electron chi connectivity index (χ2n) is 2.55. The highest BCUT2D eigenvalue weighted by Gasteiger charge is 2.18. The summed E-state index contributed by atoms with van der Waals surface area (Å²) in [5, 5.41) is 0. The molecule has 0 N–H and O–H groups in total. The molecule has 3 nitrogen and oxygen atoms in total. The highest BCUT2D eigenvalue weighted by molar-refractivity contribution is 7.88. The van der Waals surface area contributed by atoms with Crippen LogP contribution in [0.15, 0.2) is 0 Å². The summed E-state index contributed by atoms with van der Waals surface area (Å²) in [4.78, 5) is 0. The van der Waals surface area contributed by atoms with Crippen LogP contribution in [0.3, 0.4) is 0 Å². The van der Waals surface area contributed by atoms with Gasteiger partial charge in [-0.15, -0.1) is 0 Å². The molecule has 0 unspecified atom stereocenters. The smallest absolute Gasteiger partial charge is 0.211 e. The Kier molecular flexibility index (Phi) is 2.31. The zero-order valence-electron chi connectivity index (χ0n) is 6.08. The molecular weight excluding hydrogens is 150 g/mol. The standard InChI is InChI=1S/C6H12NO2S/c1-10(8,9)7-5-3-2-4-6-7/h5H,2-4,6H2,1H3. The first-order valence-electron chi connectivity index (χ1n) is 3.41. The Balaban J connectivity index is 2.56. The van der Waals surface area contributed by atoms with Crippen molar-refractivity contribution in [2.24, 2.45) is 0 Å². The molecule has 1 fully saturated rings. The number of nitrogens with zero attached hydrogens (tertiary/aromatic N) is 1. The van der Waals surface area contributed by atoms with Gasteiger partial charge in [0.15, 0.2) is 0 Å². The number of hydrogen-bond donors (Lipinski definition) is 0. The van der Waals surface area contributed by atoms with Crippen molar-refractivity contribution in [3.8, 4) is 0 Å². The van der Waals surface area contributed by atoms with Crippen LogP contribution in [0.25, 0.3) is 0 Å². The second kappa shape index (κ2) is 2.88. The number of rotatable bonds is 1. The van der Waals surface area contributed by atoms with E-state index < -0.39 is 10.0 Å². The Bertz CT molecular complexity index is 192. The number of hydrogen-bond acceptors (Lipinski definition) is 2. The van der Waals surface area contributed by atoms with E-state index in [1.54, 1.807) is 6.54 Å². The summed E-state index contributed by atoms with van der Waals surface area (Å²) < 4.78 is 23.2. The molecule has 0 amide bonds. The van der Waals surface area contributed by atoms with Crippen molar-refractivity contribution in [3.05, 3.63) is 6.54 Å². The monoisotopic (exact) mass is 162 g/mol. The minimum absolute atomic E-state index is 0.666. The van der Waals surface area contributed by atoms with E-state index in [1.807, 2.05) is 0 Å². The van der Waals surface area contributed by atoms with Gasteiger partial charge < -0.3 is 0 Å². The molecule has 4 heteroatoms. The molecule has 59 valence electrons. The summed E-state index contributed by atoms with van der Waals surface area (Å²) in [7, 11) is -2.95. The third kappa shape index (κ3) is 1.95. The molecule has 0 aromatic rings. The predicted octanol–water partition coefficient (Wildman–Crippen LogP) is 0.594. The van der Waals surface area contributed by atoms with Gasteiger partial charge in [-0.1, -0.05) is 6.42 Å². The van der Waals surface area contributed by atoms with E-state index in [4.69, 9.17) is 0 Å². The van der Waals surface area contributed by atoms with Gasteiger partial charge in [0.05, 0.1) is 6.26 Å². The lowest BCUT2D eigenvalue weighted by Gasteiger charge is -2.23. The molecular formula is C6H12NO2S. The van der Waals surface area contributed by atoms with Gasteiger partial charge in [0.2, 0.25) is 10.0 Å². The quantitative estimate of drug-likeness (QED) is 0.566. The fraction of sp³-hybridized carbons (Fsp3) is 0.833. The molecule has 1 aliphatic rings. The number of piperidine rings is 1. The molecule has 1 rings (SSSR count). The van der Waals surface area contributed by atoms with Gasteiger partial charge in [0, 0.05) is 13.1 Å². The molecule has 0 aliphatic carbocycles. The normalized spacial score (nSPS) is 22.9. The summed E-state index contributed by atoms with van der Waals surface area (Å²) in [6, 6.07) is 0. The zero-order valence-corrected chi connectivity index (χ0v) is 6.89. The largest absolute Gasteiger partial charge is 0.212 e. The van der Waals surface area contributed by atoms with Crippen LogP contribution in [0.5, 0.6) is 0 Å². The van der Waals surface area contributed by atoms with Crippen molar-refractivity contribution in [2.45, 2.75) is 19.3 Å². The molecule has 0 aromatic carbocycles. The van der Waals surface area contributed by atoms with Gasteiger partial charge >= 0.3 is 0 Å². The highest BCUT2D eigenvalue weighted by atomic mass is 32.2. The Hall–Kier alpha value is -0.0900. The van der Waals surface area contributed by atoms with Crippen molar-refractivity contribution in [2.75, 3.05) is 12.8 Å². The van der Waals surface area contributed by atoms with Crippen molar-refractivity contribution in [3.63, 3.8) is 0 Å². The molecule has 0 spiro atoms. The average Bonchev–Trinajstić information content (AvgIpc) is 1.88. The predicted molar refractivity (Wildman–Crippen MR) is 39.7 cm³/mol. The lowest BCUT2D eigenvalue weighted by molar-refractivity contribution is 0.404. The van der Waals surface area contributed by atoms with E-state index in [0.717, 1.165) is 19.3 Å². The van der Waals surface area contributed by atoms with Gasteiger partial charge in [0.25, 0.3) is 0 Å². The maximum Gasteiger partial charge on any atom is 0.211 e. The van der Waals surface area contributed by atoms with Crippen molar-refractivity contribution >= 4 is 10.0 Å². The minimum atomic E-state index is -2.95. The molecule has 1 saturated heterocycles. The summed E-state index contributed by atoms with van der Waals surface area (Å²) >= 11 is 0. The van der Waals surface area contributed by atoms with Gasteiger partial charge in [-0.25, -0.2) is 8.42 Å². The fourth-order valence-corrected chi connectivity index (χ4v) is 1.88. The van der Waals surface area contributed by atoms with Crippen molar-refractivity contribution < 1.29 is 8.42 Å². The Morgan fingerprint density at radius 3 is 2.40 bits per heavy atom. The van der Waals surface area contributed by atoms with Crippen molar-refractivity contribution in [1.29, 1.82) is 0 Å². The maximum atomic E-state index is 10.9. The van der Waals surface area contributed by atoms with Gasteiger partial charge in [-0.2, -0.15) is 4.31 Å². The first-order valence-corrected chi connectivity index (χ1v) is 5.26. The van der Waals surface area contributed by atoms with Gasteiger partial charge in [-0.05, 0) is 12.8 Å². The highest BCUT2D eigenvalue weighted by Crippen LogP contribution is 2.14. The molecule has 1 aliphatic heterocycles. The van der Waals surface area contributed by atoms with E-state index in [0.29, 0.717) is 6.54 Å². The third-order valence-corrected chi connectivity index (χ3v) is 2.77. The molecule has 1 heterocycles. The van der Waals surface area contributed by atoms with Crippen LogP contribution < -0.4 is 0 Å². The van der Waals surface area contributed by atoms with Crippen LogP contribution in [0.2, 0.25) is 0 Å². The minimum Gasteiger partial charge on any atom is -0.212 e. The molecule has 0 saturated carbocycles. The summed E-state index contributed by atoms with van der Waals surface area (Å²) in [6.07, 6.45) is 4.25. The van der Waals surface area contributed by atoms with E-state index in [2.05, 4.69) is 0 Å². The van der Waals surface area contributed by atoms with Crippen LogP contribution in [-0.2, 0) is 10.0 Å². The van der Waals surface area contributed by atoms with Crippen LogP contribution >= 0.6 is 0 Å². The van der Waals surface area contributed by atoms with Crippen LogP contribution in [0.4, 0.5) is 0 Å². The number of sulfonamides is 1. The lowest BCUT2D eigenvalue weighted by Crippen LogP contribution is -2.31. The summed E-state index contributed by atoms with van der Waals surface area (Å²) in [6.45, 7) is 2.43. The molecule has 0 atom stereocenters. The zero-order chi connectivity index (χ0) is 7.61.